The predicted molar refractivity (Wildman–Crippen MR) is 120 cm³/mol. The smallest absolute Gasteiger partial charge is 0.213 e. The zero-order valence-electron chi connectivity index (χ0n) is 18.1. The number of nitrogens with zero attached hydrogens (tertiary/aromatic N) is 2. The standard InChI is InChI=1S/C16H16N4O2.C4H9N.C2H6O/c1-10(2)22-15-6-3-11(8-17-15)16-13-7-12(18-9-21)4-5-14(13)19-20-16;1-2-4-5-3-1;1-3-2/h3-10H,1-2H3,(H,18,21)(H,19,20);5H,1-4H2;1-2H3. The Kier molecular flexibility index (Phi) is 9.76. The fourth-order valence-corrected chi connectivity index (χ4v) is 2.85. The summed E-state index contributed by atoms with van der Waals surface area (Å²) in [6.07, 6.45) is 5.25. The van der Waals surface area contributed by atoms with E-state index in [4.69, 9.17) is 4.74 Å². The van der Waals surface area contributed by atoms with Gasteiger partial charge in [0, 0.05) is 43.1 Å². The summed E-state index contributed by atoms with van der Waals surface area (Å²) in [5, 5.41) is 14.1. The van der Waals surface area contributed by atoms with Crippen molar-refractivity contribution in [2.45, 2.75) is 32.8 Å². The predicted octanol–water partition coefficient (Wildman–Crippen LogP) is 3.61. The van der Waals surface area contributed by atoms with E-state index < -0.39 is 0 Å². The number of carbonyl (C=O) groups excluding carboxylic acids is 1. The Hall–Kier alpha value is -2.97. The van der Waals surface area contributed by atoms with Gasteiger partial charge in [-0.2, -0.15) is 5.10 Å². The number of aromatic amines is 1. The molecule has 0 saturated carbocycles. The highest BCUT2D eigenvalue weighted by Gasteiger charge is 2.10. The van der Waals surface area contributed by atoms with Crippen molar-refractivity contribution >= 4 is 23.0 Å². The van der Waals surface area contributed by atoms with Crippen LogP contribution in [0.2, 0.25) is 0 Å². The van der Waals surface area contributed by atoms with E-state index >= 15 is 0 Å². The van der Waals surface area contributed by atoms with Crippen LogP contribution < -0.4 is 15.4 Å². The number of amides is 1. The van der Waals surface area contributed by atoms with Gasteiger partial charge in [-0.25, -0.2) is 4.98 Å². The number of nitrogens with one attached hydrogen (secondary N) is 3. The number of hydrogen-bond acceptors (Lipinski definition) is 6. The third kappa shape index (κ3) is 7.13. The van der Waals surface area contributed by atoms with Gasteiger partial charge in [0.2, 0.25) is 12.3 Å². The first kappa shape index (κ1) is 23.3. The average molecular weight is 414 g/mol. The normalized spacial score (nSPS) is 12.6. The van der Waals surface area contributed by atoms with Gasteiger partial charge in [0.25, 0.3) is 0 Å². The Bertz CT molecular complexity index is 882. The van der Waals surface area contributed by atoms with Crippen molar-refractivity contribution in [1.29, 1.82) is 0 Å². The number of carbonyl (C=O) groups is 1. The Balaban J connectivity index is 0.000000338. The van der Waals surface area contributed by atoms with E-state index in [0.29, 0.717) is 12.3 Å². The molecule has 0 radical (unpaired) electrons. The molecular formula is C22H31N5O3. The van der Waals surface area contributed by atoms with E-state index in [2.05, 4.69) is 30.6 Å². The fourth-order valence-electron chi connectivity index (χ4n) is 2.85. The number of H-pyrrole nitrogens is 1. The SMILES string of the molecule is C1CCNC1.CC(C)Oc1ccc(-c2n[nH]c3ccc(NC=O)cc23)cn1.COC. The molecule has 3 N–H and O–H groups in total. The molecule has 1 aromatic carbocycles. The number of hydrogen-bond donors (Lipinski definition) is 3. The van der Waals surface area contributed by atoms with Crippen LogP contribution in [0.4, 0.5) is 5.69 Å². The molecule has 3 heterocycles. The zero-order chi connectivity index (χ0) is 21.8. The molecule has 1 saturated heterocycles. The number of benzene rings is 1. The lowest BCUT2D eigenvalue weighted by Crippen LogP contribution is -2.06. The van der Waals surface area contributed by atoms with Crippen LogP contribution in [0.1, 0.15) is 26.7 Å². The molecular weight excluding hydrogens is 382 g/mol. The third-order valence-electron chi connectivity index (χ3n) is 4.11. The highest BCUT2D eigenvalue weighted by atomic mass is 16.5. The van der Waals surface area contributed by atoms with Crippen molar-refractivity contribution in [1.82, 2.24) is 20.5 Å². The molecule has 30 heavy (non-hydrogen) atoms. The minimum absolute atomic E-state index is 0.0848. The molecule has 0 atom stereocenters. The van der Waals surface area contributed by atoms with Crippen LogP contribution in [0.3, 0.4) is 0 Å². The van der Waals surface area contributed by atoms with E-state index in [1.807, 2.05) is 44.2 Å². The van der Waals surface area contributed by atoms with Crippen LogP contribution in [0, 0.1) is 0 Å². The lowest BCUT2D eigenvalue weighted by atomic mass is 10.1. The maximum Gasteiger partial charge on any atom is 0.213 e. The lowest BCUT2D eigenvalue weighted by Gasteiger charge is -2.08. The number of anilines is 1. The van der Waals surface area contributed by atoms with E-state index in [1.54, 1.807) is 20.4 Å². The summed E-state index contributed by atoms with van der Waals surface area (Å²) in [4.78, 5) is 14.9. The molecule has 2 aromatic heterocycles. The van der Waals surface area contributed by atoms with Crippen molar-refractivity contribution in [2.75, 3.05) is 32.6 Å². The second kappa shape index (κ2) is 12.6. The molecule has 0 bridgehead atoms. The summed E-state index contributed by atoms with van der Waals surface area (Å²) < 4.78 is 9.79. The molecule has 162 valence electrons. The molecule has 0 unspecified atom stereocenters. The highest BCUT2D eigenvalue weighted by Crippen LogP contribution is 2.28. The Morgan fingerprint density at radius 1 is 1.13 bits per heavy atom. The van der Waals surface area contributed by atoms with Crippen LogP contribution in [0.15, 0.2) is 36.5 Å². The minimum atomic E-state index is 0.0848. The van der Waals surface area contributed by atoms with Gasteiger partial charge < -0.3 is 20.1 Å². The molecule has 0 spiro atoms. The van der Waals surface area contributed by atoms with E-state index in [1.165, 1.54) is 25.9 Å². The van der Waals surface area contributed by atoms with Crippen LogP contribution in [-0.2, 0) is 9.53 Å². The highest BCUT2D eigenvalue weighted by molar-refractivity contribution is 5.95. The largest absolute Gasteiger partial charge is 0.475 e. The quantitative estimate of drug-likeness (QED) is 0.553. The Labute approximate surface area is 177 Å². The summed E-state index contributed by atoms with van der Waals surface area (Å²) in [7, 11) is 3.25. The maximum absolute atomic E-state index is 10.6. The first-order valence-electron chi connectivity index (χ1n) is 10.0. The summed E-state index contributed by atoms with van der Waals surface area (Å²) >= 11 is 0. The van der Waals surface area contributed by atoms with Crippen LogP contribution >= 0.6 is 0 Å². The summed E-state index contributed by atoms with van der Waals surface area (Å²) in [5.74, 6) is 0.585. The van der Waals surface area contributed by atoms with Gasteiger partial charge in [0.15, 0.2) is 0 Å². The van der Waals surface area contributed by atoms with Gasteiger partial charge in [-0.3, -0.25) is 9.89 Å². The molecule has 1 amide bonds. The number of pyridine rings is 1. The Morgan fingerprint density at radius 3 is 2.40 bits per heavy atom. The molecule has 4 rings (SSSR count). The number of ether oxygens (including phenoxy) is 2. The van der Waals surface area contributed by atoms with E-state index in [0.717, 1.165) is 27.8 Å². The Morgan fingerprint density at radius 2 is 1.87 bits per heavy atom. The number of methoxy groups -OCH3 is 1. The molecule has 1 aliphatic rings. The van der Waals surface area contributed by atoms with Crippen molar-refractivity contribution < 1.29 is 14.3 Å². The van der Waals surface area contributed by atoms with Crippen molar-refractivity contribution in [3.05, 3.63) is 36.5 Å². The average Bonchev–Trinajstić information content (AvgIpc) is 3.42. The summed E-state index contributed by atoms with van der Waals surface area (Å²) in [6, 6.07) is 9.31. The maximum atomic E-state index is 10.6. The number of aromatic nitrogens is 3. The molecule has 1 fully saturated rings. The first-order chi connectivity index (χ1) is 14.6. The van der Waals surface area contributed by atoms with Gasteiger partial charge in [-0.1, -0.05) is 0 Å². The van der Waals surface area contributed by atoms with Gasteiger partial charge >= 0.3 is 0 Å². The van der Waals surface area contributed by atoms with Gasteiger partial charge in [0.1, 0.15) is 5.69 Å². The fraction of sp³-hybridized carbons (Fsp3) is 0.409. The van der Waals surface area contributed by atoms with Crippen molar-refractivity contribution in [2.24, 2.45) is 0 Å². The second-order valence-electron chi connectivity index (χ2n) is 7.01. The minimum Gasteiger partial charge on any atom is -0.475 e. The molecule has 1 aliphatic heterocycles. The lowest BCUT2D eigenvalue weighted by molar-refractivity contribution is -0.105. The third-order valence-corrected chi connectivity index (χ3v) is 4.11. The van der Waals surface area contributed by atoms with E-state index in [9.17, 15) is 4.79 Å². The van der Waals surface area contributed by atoms with E-state index in [-0.39, 0.29) is 6.10 Å². The summed E-state index contributed by atoms with van der Waals surface area (Å²) in [5.41, 5.74) is 3.28. The van der Waals surface area contributed by atoms with Gasteiger partial charge in [-0.05, 0) is 64.0 Å². The molecule has 8 nitrogen and oxygen atoms in total. The zero-order valence-corrected chi connectivity index (χ0v) is 18.1. The van der Waals surface area contributed by atoms with Crippen LogP contribution in [0.25, 0.3) is 22.2 Å². The van der Waals surface area contributed by atoms with Crippen LogP contribution in [-0.4, -0.2) is 55.0 Å². The number of rotatable bonds is 5. The molecule has 8 heteroatoms. The second-order valence-corrected chi connectivity index (χ2v) is 7.01. The topological polar surface area (TPSA) is 101 Å². The van der Waals surface area contributed by atoms with Gasteiger partial charge in [0.05, 0.1) is 11.6 Å². The first-order valence-corrected chi connectivity index (χ1v) is 10.0. The van der Waals surface area contributed by atoms with Crippen molar-refractivity contribution in [3.63, 3.8) is 0 Å². The van der Waals surface area contributed by atoms with Crippen molar-refractivity contribution in [3.8, 4) is 17.1 Å². The monoisotopic (exact) mass is 413 g/mol. The molecule has 3 aromatic rings. The molecule has 0 aliphatic carbocycles. The summed E-state index contributed by atoms with van der Waals surface area (Å²) in [6.45, 7) is 6.41. The number of fused-ring (bicyclic) bond motifs is 1. The van der Waals surface area contributed by atoms with Crippen LogP contribution in [0.5, 0.6) is 5.88 Å². The van der Waals surface area contributed by atoms with Gasteiger partial charge in [-0.15, -0.1) is 0 Å².